The Morgan fingerprint density at radius 2 is 2.19 bits per heavy atom. The second-order valence-corrected chi connectivity index (χ2v) is 8.86. The SMILES string of the molecule is COc1ccc(-c2cc3c4c(c2)C2CNCCC2N4CCCS3)c(Cl)c1. The van der Waals surface area contributed by atoms with E-state index in [1.165, 1.54) is 46.8 Å². The van der Waals surface area contributed by atoms with Crippen molar-refractivity contribution in [1.29, 1.82) is 0 Å². The van der Waals surface area contributed by atoms with E-state index in [0.717, 1.165) is 29.4 Å². The van der Waals surface area contributed by atoms with E-state index < -0.39 is 0 Å². The molecule has 0 bridgehead atoms. The summed E-state index contributed by atoms with van der Waals surface area (Å²) in [6.45, 7) is 3.40. The predicted molar refractivity (Wildman–Crippen MR) is 110 cm³/mol. The number of ether oxygens (including phenoxy) is 1. The van der Waals surface area contributed by atoms with Gasteiger partial charge in [-0.3, -0.25) is 0 Å². The van der Waals surface area contributed by atoms with E-state index in [4.69, 9.17) is 16.3 Å². The van der Waals surface area contributed by atoms with E-state index in [1.54, 1.807) is 7.11 Å². The highest BCUT2D eigenvalue weighted by Gasteiger charge is 2.41. The molecule has 0 aliphatic carbocycles. The molecule has 136 valence electrons. The van der Waals surface area contributed by atoms with Crippen molar-refractivity contribution < 1.29 is 4.74 Å². The summed E-state index contributed by atoms with van der Waals surface area (Å²) in [5, 5.41) is 4.36. The third kappa shape index (κ3) is 2.62. The number of nitrogens with one attached hydrogen (secondary N) is 1. The van der Waals surface area contributed by atoms with Gasteiger partial charge in [-0.15, -0.1) is 11.8 Å². The van der Waals surface area contributed by atoms with Crippen LogP contribution < -0.4 is 15.0 Å². The summed E-state index contributed by atoms with van der Waals surface area (Å²) < 4.78 is 5.31. The first-order chi connectivity index (χ1) is 12.8. The Kier molecular flexibility index (Phi) is 4.30. The lowest BCUT2D eigenvalue weighted by Gasteiger charge is -2.33. The fourth-order valence-electron chi connectivity index (χ4n) is 4.74. The number of piperidine rings is 1. The lowest BCUT2D eigenvalue weighted by molar-refractivity contribution is 0.403. The van der Waals surface area contributed by atoms with E-state index in [2.05, 4.69) is 28.4 Å². The first-order valence-corrected chi connectivity index (χ1v) is 10.7. The quantitative estimate of drug-likeness (QED) is 0.802. The number of hydrogen-bond donors (Lipinski definition) is 1. The Morgan fingerprint density at radius 3 is 3.04 bits per heavy atom. The van der Waals surface area contributed by atoms with Crippen LogP contribution in [0.15, 0.2) is 35.2 Å². The molecule has 0 spiro atoms. The van der Waals surface area contributed by atoms with Gasteiger partial charge in [0.25, 0.3) is 0 Å². The van der Waals surface area contributed by atoms with Gasteiger partial charge in [0.2, 0.25) is 0 Å². The zero-order valence-corrected chi connectivity index (χ0v) is 16.5. The highest BCUT2D eigenvalue weighted by Crippen LogP contribution is 2.51. The van der Waals surface area contributed by atoms with Crippen LogP contribution in [-0.4, -0.2) is 38.5 Å². The number of halogens is 1. The van der Waals surface area contributed by atoms with Gasteiger partial charge in [0.1, 0.15) is 5.75 Å². The van der Waals surface area contributed by atoms with Gasteiger partial charge < -0.3 is 15.0 Å². The van der Waals surface area contributed by atoms with Crippen LogP contribution in [0.5, 0.6) is 5.75 Å². The predicted octanol–water partition coefficient (Wildman–Crippen LogP) is 4.78. The third-order valence-electron chi connectivity index (χ3n) is 5.93. The first kappa shape index (κ1) is 16.8. The van der Waals surface area contributed by atoms with Crippen molar-refractivity contribution in [3.05, 3.63) is 40.9 Å². The van der Waals surface area contributed by atoms with Crippen LogP contribution in [0.4, 0.5) is 5.69 Å². The Labute approximate surface area is 164 Å². The molecule has 0 aromatic heterocycles. The molecule has 0 radical (unpaired) electrons. The molecule has 3 nitrogen and oxygen atoms in total. The van der Waals surface area contributed by atoms with Crippen molar-refractivity contribution >= 4 is 29.1 Å². The topological polar surface area (TPSA) is 24.5 Å². The Morgan fingerprint density at radius 1 is 1.27 bits per heavy atom. The minimum Gasteiger partial charge on any atom is -0.497 e. The van der Waals surface area contributed by atoms with Gasteiger partial charge in [-0.1, -0.05) is 11.6 Å². The van der Waals surface area contributed by atoms with E-state index in [9.17, 15) is 0 Å². The lowest BCUT2D eigenvalue weighted by Crippen LogP contribution is -2.44. The third-order valence-corrected chi connectivity index (χ3v) is 7.35. The Hall–Kier alpha value is -1.36. The number of rotatable bonds is 2. The van der Waals surface area contributed by atoms with Crippen LogP contribution in [0.2, 0.25) is 5.02 Å². The molecule has 3 aliphatic rings. The summed E-state index contributed by atoms with van der Waals surface area (Å²) in [4.78, 5) is 4.13. The molecule has 5 heteroatoms. The largest absolute Gasteiger partial charge is 0.497 e. The summed E-state index contributed by atoms with van der Waals surface area (Å²) >= 11 is 8.60. The van der Waals surface area contributed by atoms with Gasteiger partial charge in [0, 0.05) is 35.5 Å². The van der Waals surface area contributed by atoms with Crippen molar-refractivity contribution in [3.63, 3.8) is 0 Å². The molecule has 5 rings (SSSR count). The molecule has 0 amide bonds. The average molecular weight is 387 g/mol. The first-order valence-electron chi connectivity index (χ1n) is 9.38. The molecule has 3 aliphatic heterocycles. The van der Waals surface area contributed by atoms with Crippen molar-refractivity contribution in [2.75, 3.05) is 37.4 Å². The number of fused-ring (bicyclic) bond motifs is 3. The van der Waals surface area contributed by atoms with Crippen LogP contribution in [0.1, 0.15) is 24.3 Å². The number of nitrogens with zero attached hydrogens (tertiary/aromatic N) is 1. The van der Waals surface area contributed by atoms with Crippen molar-refractivity contribution in [3.8, 4) is 16.9 Å². The molecule has 2 aromatic rings. The van der Waals surface area contributed by atoms with Gasteiger partial charge >= 0.3 is 0 Å². The van der Waals surface area contributed by atoms with Gasteiger partial charge in [-0.2, -0.15) is 0 Å². The normalized spacial score (nSPS) is 24.0. The monoisotopic (exact) mass is 386 g/mol. The number of anilines is 1. The van der Waals surface area contributed by atoms with Crippen LogP contribution in [0.25, 0.3) is 11.1 Å². The van der Waals surface area contributed by atoms with E-state index in [-0.39, 0.29) is 0 Å². The van der Waals surface area contributed by atoms with E-state index in [0.29, 0.717) is 12.0 Å². The molecule has 1 N–H and O–H groups in total. The standard InChI is InChI=1S/C21H23ClN2OS/c1-25-14-3-4-15(18(22)11-14)13-9-16-17-12-23-6-5-19(17)24-7-2-8-26-20(10-13)21(16)24/h3-4,9-11,17,19,23H,2,5-8,12H2,1H3. The second kappa shape index (κ2) is 6.66. The highest BCUT2D eigenvalue weighted by atomic mass is 35.5. The molecule has 2 atom stereocenters. The van der Waals surface area contributed by atoms with Gasteiger partial charge in [-0.25, -0.2) is 0 Å². The Bertz CT molecular complexity index is 856. The van der Waals surface area contributed by atoms with Crippen LogP contribution >= 0.6 is 23.4 Å². The summed E-state index contributed by atoms with van der Waals surface area (Å²) in [5.41, 5.74) is 5.33. The number of thioether (sulfide) groups is 1. The molecule has 1 saturated heterocycles. The Balaban J connectivity index is 1.66. The zero-order valence-electron chi connectivity index (χ0n) is 14.9. The van der Waals surface area contributed by atoms with E-state index in [1.807, 2.05) is 23.9 Å². The molecule has 2 unspecified atom stereocenters. The summed E-state index contributed by atoms with van der Waals surface area (Å²) in [6, 6.07) is 11.4. The fraction of sp³-hybridized carbons (Fsp3) is 0.429. The molecule has 26 heavy (non-hydrogen) atoms. The number of hydrogen-bond acceptors (Lipinski definition) is 4. The number of benzene rings is 2. The maximum atomic E-state index is 6.59. The molecule has 3 heterocycles. The second-order valence-electron chi connectivity index (χ2n) is 7.32. The van der Waals surface area contributed by atoms with Crippen LogP contribution in [-0.2, 0) is 0 Å². The molecule has 1 fully saturated rings. The number of methoxy groups -OCH3 is 1. The molecular weight excluding hydrogens is 364 g/mol. The molecular formula is C21H23ClN2OS. The van der Waals surface area contributed by atoms with E-state index >= 15 is 0 Å². The fourth-order valence-corrected chi connectivity index (χ4v) is 6.09. The average Bonchev–Trinajstić information content (AvgIpc) is 2.83. The summed E-state index contributed by atoms with van der Waals surface area (Å²) in [5.74, 6) is 2.58. The van der Waals surface area contributed by atoms with Crippen molar-refractivity contribution in [2.45, 2.75) is 29.7 Å². The van der Waals surface area contributed by atoms with Crippen molar-refractivity contribution in [2.24, 2.45) is 0 Å². The zero-order chi connectivity index (χ0) is 17.7. The van der Waals surface area contributed by atoms with Crippen LogP contribution in [0.3, 0.4) is 0 Å². The molecule has 0 saturated carbocycles. The van der Waals surface area contributed by atoms with Gasteiger partial charge in [0.15, 0.2) is 0 Å². The van der Waals surface area contributed by atoms with Gasteiger partial charge in [-0.05, 0) is 66.6 Å². The minimum absolute atomic E-state index is 0.591. The van der Waals surface area contributed by atoms with Crippen LogP contribution in [0, 0.1) is 0 Å². The minimum atomic E-state index is 0.591. The summed E-state index contributed by atoms with van der Waals surface area (Å²) in [6.07, 6.45) is 2.50. The smallest absolute Gasteiger partial charge is 0.120 e. The maximum Gasteiger partial charge on any atom is 0.120 e. The van der Waals surface area contributed by atoms with Crippen molar-refractivity contribution in [1.82, 2.24) is 5.32 Å². The van der Waals surface area contributed by atoms with Gasteiger partial charge in [0.05, 0.1) is 17.8 Å². The maximum absolute atomic E-state index is 6.59. The lowest BCUT2D eigenvalue weighted by atomic mass is 9.88. The highest BCUT2D eigenvalue weighted by molar-refractivity contribution is 7.99. The molecule has 2 aromatic carbocycles. The summed E-state index contributed by atoms with van der Waals surface area (Å²) in [7, 11) is 1.68.